The van der Waals surface area contributed by atoms with Crippen molar-refractivity contribution < 1.29 is 4.79 Å². The highest BCUT2D eigenvalue weighted by Crippen LogP contribution is 2.38. The molecule has 0 aliphatic rings. The maximum atomic E-state index is 12.4. The number of anilines is 1. The van der Waals surface area contributed by atoms with Gasteiger partial charge >= 0.3 is 0 Å². The number of nitrogens with one attached hydrogen (secondary N) is 1. The number of benzene rings is 1. The highest BCUT2D eigenvalue weighted by atomic mass is 79.9. The van der Waals surface area contributed by atoms with Gasteiger partial charge in [0.25, 0.3) is 5.91 Å². The van der Waals surface area contributed by atoms with Gasteiger partial charge in [0.05, 0.1) is 5.69 Å². The van der Waals surface area contributed by atoms with Crippen LogP contribution in [0.4, 0.5) is 5.69 Å². The van der Waals surface area contributed by atoms with Crippen LogP contribution in [0.5, 0.6) is 0 Å². The summed E-state index contributed by atoms with van der Waals surface area (Å²) >= 11 is 4.93. The molecular weight excluding hydrogens is 350 g/mol. The summed E-state index contributed by atoms with van der Waals surface area (Å²) in [6.45, 7) is 2.95. The Bertz CT molecular complexity index is 654. The van der Waals surface area contributed by atoms with E-state index >= 15 is 0 Å². The Balaban J connectivity index is 2.16. The molecule has 0 spiro atoms. The number of hydrogen-bond acceptors (Lipinski definition) is 4. The number of nitrogen functional groups attached to an aromatic ring is 1. The van der Waals surface area contributed by atoms with E-state index in [1.54, 1.807) is 0 Å². The van der Waals surface area contributed by atoms with E-state index in [9.17, 15) is 4.79 Å². The summed E-state index contributed by atoms with van der Waals surface area (Å²) in [5.74, 6) is -0.0909. The Kier molecular flexibility index (Phi) is 5.24. The molecule has 1 aromatic heterocycles. The Labute approximate surface area is 137 Å². The zero-order valence-corrected chi connectivity index (χ0v) is 14.8. The molecule has 0 aliphatic heterocycles. The van der Waals surface area contributed by atoms with Crippen LogP contribution in [0.3, 0.4) is 0 Å². The van der Waals surface area contributed by atoms with Gasteiger partial charge in [-0.1, -0.05) is 22.0 Å². The summed E-state index contributed by atoms with van der Waals surface area (Å²) in [5.41, 5.74) is 6.71. The van der Waals surface area contributed by atoms with Gasteiger partial charge in [0.1, 0.15) is 4.88 Å². The zero-order chi connectivity index (χ0) is 15.6. The minimum Gasteiger partial charge on any atom is -0.397 e. The van der Waals surface area contributed by atoms with Gasteiger partial charge in [0, 0.05) is 20.6 Å². The summed E-state index contributed by atoms with van der Waals surface area (Å²) in [7, 11) is 4.05. The van der Waals surface area contributed by atoms with Crippen LogP contribution in [-0.4, -0.2) is 37.5 Å². The molecule has 1 aromatic carbocycles. The molecule has 0 fully saturated rings. The predicted octanol–water partition coefficient (Wildman–Crippen LogP) is 3.32. The first-order valence-electron chi connectivity index (χ1n) is 6.82. The molecular formula is C15H20BrN3OS. The Morgan fingerprint density at radius 1 is 1.48 bits per heavy atom. The van der Waals surface area contributed by atoms with Gasteiger partial charge in [0.15, 0.2) is 0 Å². The first kappa shape index (κ1) is 16.3. The van der Waals surface area contributed by atoms with Crippen molar-refractivity contribution in [2.24, 2.45) is 0 Å². The molecule has 114 valence electrons. The molecule has 0 saturated heterocycles. The van der Waals surface area contributed by atoms with Crippen molar-refractivity contribution in [2.75, 3.05) is 26.4 Å². The van der Waals surface area contributed by atoms with E-state index in [-0.39, 0.29) is 11.9 Å². The van der Waals surface area contributed by atoms with E-state index in [4.69, 9.17) is 5.73 Å². The van der Waals surface area contributed by atoms with E-state index in [2.05, 4.69) is 26.1 Å². The Hall–Kier alpha value is -1.11. The maximum Gasteiger partial charge on any atom is 0.263 e. The second kappa shape index (κ2) is 6.77. The molecule has 1 amide bonds. The van der Waals surface area contributed by atoms with Crippen molar-refractivity contribution >= 4 is 48.9 Å². The number of nitrogens with zero attached hydrogens (tertiary/aromatic N) is 1. The van der Waals surface area contributed by atoms with Crippen molar-refractivity contribution in [1.82, 2.24) is 10.2 Å². The van der Waals surface area contributed by atoms with Crippen LogP contribution in [0.1, 0.15) is 23.0 Å². The predicted molar refractivity (Wildman–Crippen MR) is 94.0 cm³/mol. The fourth-order valence-corrected chi connectivity index (χ4v) is 3.87. The molecule has 2 rings (SSSR count). The Morgan fingerprint density at radius 2 is 2.19 bits per heavy atom. The van der Waals surface area contributed by atoms with E-state index in [0.29, 0.717) is 10.6 Å². The van der Waals surface area contributed by atoms with Gasteiger partial charge in [-0.25, -0.2) is 0 Å². The van der Waals surface area contributed by atoms with Crippen LogP contribution >= 0.6 is 27.3 Å². The van der Waals surface area contributed by atoms with Crippen molar-refractivity contribution in [2.45, 2.75) is 19.4 Å². The number of hydrogen-bond donors (Lipinski definition) is 2. The lowest BCUT2D eigenvalue weighted by molar-refractivity contribution is 0.0942. The normalized spacial score (nSPS) is 12.8. The van der Waals surface area contributed by atoms with Gasteiger partial charge in [-0.15, -0.1) is 11.3 Å². The smallest absolute Gasteiger partial charge is 0.263 e. The quantitative estimate of drug-likeness (QED) is 0.849. The molecule has 21 heavy (non-hydrogen) atoms. The van der Waals surface area contributed by atoms with Gasteiger partial charge in [-0.2, -0.15) is 0 Å². The van der Waals surface area contributed by atoms with E-state index in [0.717, 1.165) is 27.5 Å². The fraction of sp³-hybridized carbons (Fsp3) is 0.400. The third-order valence-electron chi connectivity index (χ3n) is 3.29. The van der Waals surface area contributed by atoms with Crippen LogP contribution in [0.25, 0.3) is 10.1 Å². The molecule has 6 heteroatoms. The molecule has 1 heterocycles. The number of carbonyl (C=O) groups is 1. The lowest BCUT2D eigenvalue weighted by atomic mass is 10.2. The van der Waals surface area contributed by atoms with Crippen molar-refractivity contribution in [3.63, 3.8) is 0 Å². The number of thiophene rings is 1. The molecule has 1 unspecified atom stereocenters. The fourth-order valence-electron chi connectivity index (χ4n) is 2.11. The van der Waals surface area contributed by atoms with Crippen molar-refractivity contribution in [1.29, 1.82) is 0 Å². The molecule has 4 nitrogen and oxygen atoms in total. The number of amides is 1. The number of carbonyl (C=O) groups excluding carboxylic acids is 1. The number of rotatable bonds is 5. The van der Waals surface area contributed by atoms with Gasteiger partial charge in [-0.3, -0.25) is 4.79 Å². The maximum absolute atomic E-state index is 12.4. The van der Waals surface area contributed by atoms with Gasteiger partial charge in [0.2, 0.25) is 0 Å². The highest BCUT2D eigenvalue weighted by Gasteiger charge is 2.19. The topological polar surface area (TPSA) is 58.4 Å². The zero-order valence-electron chi connectivity index (χ0n) is 12.4. The van der Waals surface area contributed by atoms with E-state index < -0.39 is 0 Å². The largest absolute Gasteiger partial charge is 0.397 e. The third-order valence-corrected chi connectivity index (χ3v) is 5.12. The second-order valence-corrected chi connectivity index (χ2v) is 7.33. The molecule has 0 aliphatic carbocycles. The van der Waals surface area contributed by atoms with E-state index in [1.165, 1.54) is 11.3 Å². The second-order valence-electron chi connectivity index (χ2n) is 5.42. The first-order chi connectivity index (χ1) is 9.90. The summed E-state index contributed by atoms with van der Waals surface area (Å²) in [6.07, 6.45) is 0.910. The highest BCUT2D eigenvalue weighted by molar-refractivity contribution is 9.10. The van der Waals surface area contributed by atoms with Gasteiger partial charge in [-0.05, 0) is 46.1 Å². The first-order valence-corrected chi connectivity index (χ1v) is 8.43. The minimum absolute atomic E-state index is 0.0909. The van der Waals surface area contributed by atoms with Gasteiger partial charge < -0.3 is 16.0 Å². The summed E-state index contributed by atoms with van der Waals surface area (Å²) in [5, 5.41) is 3.95. The average molecular weight is 370 g/mol. The molecule has 0 bridgehead atoms. The minimum atomic E-state index is -0.0909. The number of fused-ring (bicyclic) bond motifs is 1. The van der Waals surface area contributed by atoms with E-state index in [1.807, 2.05) is 39.2 Å². The summed E-state index contributed by atoms with van der Waals surface area (Å²) in [6, 6.07) is 5.98. The number of halogens is 1. The van der Waals surface area contributed by atoms with Crippen LogP contribution in [0.15, 0.2) is 22.7 Å². The lowest BCUT2D eigenvalue weighted by Gasteiger charge is -2.16. The monoisotopic (exact) mass is 369 g/mol. The molecule has 2 aromatic rings. The standard InChI is InChI=1S/C15H20BrN3OS/c1-9(7-8-19(2)3)18-15(20)14-13(17)12-10(16)5-4-6-11(12)21-14/h4-6,9H,7-8,17H2,1-3H3,(H,18,20). The molecule has 0 radical (unpaired) electrons. The molecule has 3 N–H and O–H groups in total. The molecule has 1 atom stereocenters. The van der Waals surface area contributed by atoms with Crippen LogP contribution in [-0.2, 0) is 0 Å². The van der Waals surface area contributed by atoms with Crippen LogP contribution in [0, 0.1) is 0 Å². The van der Waals surface area contributed by atoms with Crippen LogP contribution < -0.4 is 11.1 Å². The Morgan fingerprint density at radius 3 is 2.81 bits per heavy atom. The number of nitrogens with two attached hydrogens (primary N) is 1. The molecule has 0 saturated carbocycles. The SMILES string of the molecule is CC(CCN(C)C)NC(=O)c1sc2cccc(Br)c2c1N. The van der Waals surface area contributed by atoms with Crippen molar-refractivity contribution in [3.05, 3.63) is 27.5 Å². The summed E-state index contributed by atoms with van der Waals surface area (Å²) in [4.78, 5) is 15.1. The van der Waals surface area contributed by atoms with Crippen molar-refractivity contribution in [3.8, 4) is 0 Å². The summed E-state index contributed by atoms with van der Waals surface area (Å²) < 4.78 is 1.95. The lowest BCUT2D eigenvalue weighted by Crippen LogP contribution is -2.34. The van der Waals surface area contributed by atoms with Crippen LogP contribution in [0.2, 0.25) is 0 Å². The average Bonchev–Trinajstić information content (AvgIpc) is 2.75. The third kappa shape index (κ3) is 3.75.